The SMILES string of the molecule is CC1(c2ccc(Cl)cc2)N=NN=C1OCCc1ccnc(Cl)n1. The first kappa shape index (κ1) is 15.8. The molecular weight excluding hydrogens is 337 g/mol. The molecule has 0 N–H and O–H groups in total. The second-order valence-corrected chi connectivity index (χ2v) is 5.86. The van der Waals surface area contributed by atoms with Crippen molar-refractivity contribution in [3.63, 3.8) is 0 Å². The van der Waals surface area contributed by atoms with Crippen LogP contribution in [0.2, 0.25) is 10.3 Å². The zero-order valence-electron chi connectivity index (χ0n) is 12.3. The number of hydrogen-bond donors (Lipinski definition) is 0. The largest absolute Gasteiger partial charge is 0.477 e. The number of hydrogen-bond acceptors (Lipinski definition) is 6. The molecule has 0 fully saturated rings. The van der Waals surface area contributed by atoms with Gasteiger partial charge >= 0.3 is 0 Å². The number of nitrogens with zero attached hydrogens (tertiary/aromatic N) is 5. The Kier molecular flexibility index (Phi) is 4.54. The molecule has 6 nitrogen and oxygen atoms in total. The van der Waals surface area contributed by atoms with Gasteiger partial charge in [-0.15, -0.1) is 5.11 Å². The van der Waals surface area contributed by atoms with Crippen molar-refractivity contribution in [1.82, 2.24) is 9.97 Å². The Morgan fingerprint density at radius 1 is 1.13 bits per heavy atom. The molecular formula is C15H13Cl2N5O. The van der Waals surface area contributed by atoms with Crippen LogP contribution in [0.3, 0.4) is 0 Å². The molecule has 2 aromatic rings. The molecule has 1 aliphatic heterocycles. The van der Waals surface area contributed by atoms with Crippen LogP contribution < -0.4 is 0 Å². The minimum absolute atomic E-state index is 0.219. The lowest BCUT2D eigenvalue weighted by Gasteiger charge is -2.21. The number of halogens is 2. The van der Waals surface area contributed by atoms with Gasteiger partial charge in [-0.25, -0.2) is 9.97 Å². The molecule has 0 aliphatic carbocycles. The summed E-state index contributed by atoms with van der Waals surface area (Å²) in [7, 11) is 0. The fourth-order valence-corrected chi connectivity index (χ4v) is 2.47. The summed E-state index contributed by atoms with van der Waals surface area (Å²) in [4.78, 5) is 7.96. The Morgan fingerprint density at radius 2 is 1.91 bits per heavy atom. The van der Waals surface area contributed by atoms with E-state index < -0.39 is 5.54 Å². The monoisotopic (exact) mass is 349 g/mol. The lowest BCUT2D eigenvalue weighted by atomic mass is 9.93. The predicted octanol–water partition coefficient (Wildman–Crippen LogP) is 4.04. The summed E-state index contributed by atoms with van der Waals surface area (Å²) in [5, 5.41) is 12.8. The maximum absolute atomic E-state index is 5.93. The quantitative estimate of drug-likeness (QED) is 0.782. The lowest BCUT2D eigenvalue weighted by Crippen LogP contribution is -2.30. The van der Waals surface area contributed by atoms with E-state index in [2.05, 4.69) is 25.4 Å². The fourth-order valence-electron chi connectivity index (χ4n) is 2.18. The van der Waals surface area contributed by atoms with Crippen LogP contribution in [-0.4, -0.2) is 22.5 Å². The van der Waals surface area contributed by atoms with Crippen LogP contribution in [0.25, 0.3) is 0 Å². The van der Waals surface area contributed by atoms with Gasteiger partial charge < -0.3 is 4.74 Å². The zero-order valence-corrected chi connectivity index (χ0v) is 13.8. The predicted molar refractivity (Wildman–Crippen MR) is 87.8 cm³/mol. The normalized spacial score (nSPS) is 19.7. The summed E-state index contributed by atoms with van der Waals surface area (Å²) >= 11 is 11.7. The van der Waals surface area contributed by atoms with Crippen LogP contribution in [-0.2, 0) is 16.7 Å². The molecule has 0 bridgehead atoms. The number of rotatable bonds is 4. The molecule has 118 valence electrons. The van der Waals surface area contributed by atoms with Gasteiger partial charge in [0.05, 0.1) is 6.61 Å². The second kappa shape index (κ2) is 6.60. The highest BCUT2D eigenvalue weighted by Gasteiger charge is 2.38. The standard InChI is InChI=1S/C15H13Cl2N5O/c1-15(10-2-4-11(16)5-3-10)13(20-22-21-15)23-9-7-12-6-8-18-14(17)19-12/h2-6,8H,7,9H2,1H3. The second-order valence-electron chi connectivity index (χ2n) is 5.09. The molecule has 1 unspecified atom stereocenters. The third kappa shape index (κ3) is 3.48. The third-order valence-corrected chi connectivity index (χ3v) is 3.92. The van der Waals surface area contributed by atoms with E-state index in [-0.39, 0.29) is 5.28 Å². The fraction of sp³-hybridized carbons (Fsp3) is 0.267. The van der Waals surface area contributed by atoms with E-state index in [0.29, 0.717) is 23.9 Å². The molecule has 0 amide bonds. The van der Waals surface area contributed by atoms with Crippen LogP contribution in [0.15, 0.2) is 52.0 Å². The highest BCUT2D eigenvalue weighted by molar-refractivity contribution is 6.30. The van der Waals surface area contributed by atoms with Gasteiger partial charge in [0, 0.05) is 23.3 Å². The Balaban J connectivity index is 1.67. The Labute approximate surface area is 143 Å². The maximum Gasteiger partial charge on any atom is 0.245 e. The van der Waals surface area contributed by atoms with E-state index in [1.54, 1.807) is 24.4 Å². The van der Waals surface area contributed by atoms with Crippen LogP contribution >= 0.6 is 23.2 Å². The molecule has 23 heavy (non-hydrogen) atoms. The smallest absolute Gasteiger partial charge is 0.245 e. The van der Waals surface area contributed by atoms with Gasteiger partial charge in [0.2, 0.25) is 11.2 Å². The van der Waals surface area contributed by atoms with Gasteiger partial charge in [-0.05, 0) is 47.5 Å². The average Bonchev–Trinajstić information content (AvgIpc) is 2.90. The van der Waals surface area contributed by atoms with Gasteiger partial charge in [0.1, 0.15) is 0 Å². The molecule has 0 spiro atoms. The van der Waals surface area contributed by atoms with E-state index in [1.165, 1.54) is 0 Å². The average molecular weight is 350 g/mol. The summed E-state index contributed by atoms with van der Waals surface area (Å²) in [6.45, 7) is 2.29. The zero-order chi connectivity index (χ0) is 16.3. The number of ether oxygens (including phenoxy) is 1. The van der Waals surface area contributed by atoms with E-state index in [1.807, 2.05) is 19.1 Å². The summed E-state index contributed by atoms with van der Waals surface area (Å²) in [5.41, 5.74) is 0.964. The maximum atomic E-state index is 5.93. The molecule has 1 aromatic carbocycles. The van der Waals surface area contributed by atoms with Crippen molar-refractivity contribution in [2.75, 3.05) is 6.61 Å². The molecule has 1 aliphatic rings. The molecule has 0 saturated carbocycles. The third-order valence-electron chi connectivity index (χ3n) is 3.48. The van der Waals surface area contributed by atoms with Crippen LogP contribution in [0.4, 0.5) is 0 Å². The van der Waals surface area contributed by atoms with E-state index >= 15 is 0 Å². The molecule has 0 saturated heterocycles. The van der Waals surface area contributed by atoms with Gasteiger partial charge in [0.15, 0.2) is 5.54 Å². The van der Waals surface area contributed by atoms with E-state index in [0.717, 1.165) is 11.3 Å². The van der Waals surface area contributed by atoms with Crippen molar-refractivity contribution in [2.45, 2.75) is 18.9 Å². The topological polar surface area (TPSA) is 72.1 Å². The highest BCUT2D eigenvalue weighted by atomic mass is 35.5. The van der Waals surface area contributed by atoms with Gasteiger partial charge in [0.25, 0.3) is 0 Å². The summed E-state index contributed by atoms with van der Waals surface area (Å²) in [5.74, 6) is 0.444. The summed E-state index contributed by atoms with van der Waals surface area (Å²) in [6, 6.07) is 9.16. The minimum Gasteiger partial charge on any atom is -0.477 e. The van der Waals surface area contributed by atoms with Crippen molar-refractivity contribution in [2.24, 2.45) is 15.4 Å². The van der Waals surface area contributed by atoms with Crippen molar-refractivity contribution >= 4 is 29.1 Å². The lowest BCUT2D eigenvalue weighted by molar-refractivity contribution is 0.281. The highest BCUT2D eigenvalue weighted by Crippen LogP contribution is 2.32. The first-order valence-electron chi connectivity index (χ1n) is 6.94. The minimum atomic E-state index is -0.742. The van der Waals surface area contributed by atoms with Gasteiger partial charge in [-0.1, -0.05) is 28.8 Å². The van der Waals surface area contributed by atoms with Crippen molar-refractivity contribution in [3.05, 3.63) is 58.1 Å². The van der Waals surface area contributed by atoms with Crippen molar-refractivity contribution in [3.8, 4) is 0 Å². The van der Waals surface area contributed by atoms with Crippen LogP contribution in [0, 0.1) is 0 Å². The number of aromatic nitrogens is 2. The Morgan fingerprint density at radius 3 is 2.65 bits per heavy atom. The molecule has 3 rings (SSSR count). The van der Waals surface area contributed by atoms with E-state index in [4.69, 9.17) is 27.9 Å². The first-order valence-corrected chi connectivity index (χ1v) is 7.70. The first-order chi connectivity index (χ1) is 11.1. The number of benzene rings is 1. The summed E-state index contributed by atoms with van der Waals surface area (Å²) < 4.78 is 5.77. The molecule has 8 heteroatoms. The Hall–Kier alpha value is -2.05. The van der Waals surface area contributed by atoms with E-state index in [9.17, 15) is 0 Å². The van der Waals surface area contributed by atoms with Crippen LogP contribution in [0.5, 0.6) is 0 Å². The van der Waals surface area contributed by atoms with Crippen molar-refractivity contribution in [1.29, 1.82) is 0 Å². The molecule has 2 heterocycles. The van der Waals surface area contributed by atoms with Crippen LogP contribution in [0.1, 0.15) is 18.2 Å². The molecule has 1 aromatic heterocycles. The van der Waals surface area contributed by atoms with Gasteiger partial charge in [-0.2, -0.15) is 0 Å². The Bertz CT molecular complexity index is 763. The van der Waals surface area contributed by atoms with Gasteiger partial charge in [-0.3, -0.25) is 0 Å². The molecule has 1 atom stereocenters. The van der Waals surface area contributed by atoms with Crippen molar-refractivity contribution < 1.29 is 4.74 Å². The molecule has 0 radical (unpaired) electrons. The summed E-state index contributed by atoms with van der Waals surface area (Å²) in [6.07, 6.45) is 2.19.